The highest BCUT2D eigenvalue weighted by Gasteiger charge is 2.42. The van der Waals surface area contributed by atoms with Crippen LogP contribution in [0, 0.1) is 11.8 Å². The summed E-state index contributed by atoms with van der Waals surface area (Å²) < 4.78 is 0. The van der Waals surface area contributed by atoms with Gasteiger partial charge in [0, 0.05) is 18.5 Å². The Bertz CT molecular complexity index is 326. The van der Waals surface area contributed by atoms with Crippen LogP contribution in [0.4, 0.5) is 4.79 Å². The van der Waals surface area contributed by atoms with Gasteiger partial charge >= 0.3 is 12.0 Å². The molecule has 0 heterocycles. The lowest BCUT2D eigenvalue weighted by Gasteiger charge is -2.20. The first-order valence-electron chi connectivity index (χ1n) is 7.35. The largest absolute Gasteiger partial charge is 0.481 e. The van der Waals surface area contributed by atoms with Crippen molar-refractivity contribution in [2.75, 3.05) is 0 Å². The molecule has 19 heavy (non-hydrogen) atoms. The van der Waals surface area contributed by atoms with Crippen molar-refractivity contribution in [2.45, 2.75) is 64.0 Å². The lowest BCUT2D eigenvalue weighted by atomic mass is 10.1. The van der Waals surface area contributed by atoms with E-state index in [9.17, 15) is 9.59 Å². The summed E-state index contributed by atoms with van der Waals surface area (Å²) in [4.78, 5) is 22.3. The highest BCUT2D eigenvalue weighted by atomic mass is 16.4. The van der Waals surface area contributed by atoms with E-state index in [0.29, 0.717) is 30.7 Å². The molecule has 0 saturated heterocycles. The molecule has 2 fully saturated rings. The van der Waals surface area contributed by atoms with Crippen LogP contribution in [0.2, 0.25) is 0 Å². The van der Waals surface area contributed by atoms with E-state index in [-0.39, 0.29) is 18.5 Å². The lowest BCUT2D eigenvalue weighted by molar-refractivity contribution is -0.137. The second-order valence-corrected chi connectivity index (χ2v) is 6.01. The van der Waals surface area contributed by atoms with Gasteiger partial charge in [0.25, 0.3) is 0 Å². The van der Waals surface area contributed by atoms with Crippen molar-refractivity contribution in [3.8, 4) is 0 Å². The molecule has 2 aliphatic rings. The van der Waals surface area contributed by atoms with E-state index in [1.165, 1.54) is 25.7 Å². The molecule has 1 atom stereocenters. The number of aliphatic carboxylic acids is 1. The van der Waals surface area contributed by atoms with Crippen LogP contribution in [-0.2, 0) is 4.79 Å². The lowest BCUT2D eigenvalue weighted by Crippen LogP contribution is -2.47. The van der Waals surface area contributed by atoms with Crippen LogP contribution in [0.3, 0.4) is 0 Å². The average molecular weight is 268 g/mol. The zero-order chi connectivity index (χ0) is 13.8. The zero-order valence-corrected chi connectivity index (χ0v) is 11.5. The van der Waals surface area contributed by atoms with Crippen LogP contribution < -0.4 is 10.6 Å². The van der Waals surface area contributed by atoms with Gasteiger partial charge in [-0.15, -0.1) is 0 Å². The minimum Gasteiger partial charge on any atom is -0.481 e. The summed E-state index contributed by atoms with van der Waals surface area (Å²) in [5.41, 5.74) is 0. The molecule has 0 aliphatic heterocycles. The van der Waals surface area contributed by atoms with Crippen molar-refractivity contribution in [1.29, 1.82) is 0 Å². The van der Waals surface area contributed by atoms with Gasteiger partial charge in [0.2, 0.25) is 0 Å². The molecule has 1 unspecified atom stereocenters. The number of carbonyl (C=O) groups is 2. The van der Waals surface area contributed by atoms with Crippen LogP contribution in [-0.4, -0.2) is 29.2 Å². The summed E-state index contributed by atoms with van der Waals surface area (Å²) in [6, 6.07) is 0.302. The maximum atomic E-state index is 11.9. The predicted molar refractivity (Wildman–Crippen MR) is 71.9 cm³/mol. The molecule has 0 spiro atoms. The fourth-order valence-corrected chi connectivity index (χ4v) is 2.58. The van der Waals surface area contributed by atoms with E-state index in [4.69, 9.17) is 5.11 Å². The van der Waals surface area contributed by atoms with Gasteiger partial charge in [-0.05, 0) is 57.3 Å². The number of hydrogen-bond donors (Lipinski definition) is 3. The summed E-state index contributed by atoms with van der Waals surface area (Å²) in [6.07, 6.45) is 6.46. The third-order valence-corrected chi connectivity index (χ3v) is 3.96. The highest BCUT2D eigenvalue weighted by molar-refractivity contribution is 5.74. The van der Waals surface area contributed by atoms with Crippen LogP contribution in [0.15, 0.2) is 0 Å². The summed E-state index contributed by atoms with van der Waals surface area (Å²) in [7, 11) is 0. The SMILES string of the molecule is CC(CCCC(=O)O)NC(=O)NC(C1CC1)C1CC1. The van der Waals surface area contributed by atoms with Gasteiger partial charge in [0.05, 0.1) is 0 Å². The average Bonchev–Trinajstić information content (AvgIpc) is 3.17. The van der Waals surface area contributed by atoms with E-state index in [1.807, 2.05) is 6.92 Å². The number of nitrogens with one attached hydrogen (secondary N) is 2. The van der Waals surface area contributed by atoms with Crippen molar-refractivity contribution >= 4 is 12.0 Å². The van der Waals surface area contributed by atoms with E-state index in [0.717, 1.165) is 0 Å². The van der Waals surface area contributed by atoms with Crippen molar-refractivity contribution in [3.05, 3.63) is 0 Å². The maximum absolute atomic E-state index is 11.9. The summed E-state index contributed by atoms with van der Waals surface area (Å²) in [6.45, 7) is 1.92. The number of hydrogen-bond acceptors (Lipinski definition) is 2. The molecule has 2 saturated carbocycles. The third-order valence-electron chi connectivity index (χ3n) is 3.96. The zero-order valence-electron chi connectivity index (χ0n) is 11.5. The van der Waals surface area contributed by atoms with E-state index in [1.54, 1.807) is 0 Å². The Morgan fingerprint density at radius 2 is 1.74 bits per heavy atom. The second-order valence-electron chi connectivity index (χ2n) is 6.01. The van der Waals surface area contributed by atoms with Gasteiger partial charge < -0.3 is 15.7 Å². The highest BCUT2D eigenvalue weighted by Crippen LogP contribution is 2.44. The molecule has 0 aromatic carbocycles. The quantitative estimate of drug-likeness (QED) is 0.631. The fraction of sp³-hybridized carbons (Fsp3) is 0.857. The van der Waals surface area contributed by atoms with Gasteiger partial charge in [0.1, 0.15) is 0 Å². The summed E-state index contributed by atoms with van der Waals surface area (Å²) in [5, 5.41) is 14.6. The number of amides is 2. The van der Waals surface area contributed by atoms with Crippen LogP contribution >= 0.6 is 0 Å². The topological polar surface area (TPSA) is 78.4 Å². The molecular weight excluding hydrogens is 244 g/mol. The molecule has 3 N–H and O–H groups in total. The maximum Gasteiger partial charge on any atom is 0.315 e. The summed E-state index contributed by atoms with van der Waals surface area (Å²) >= 11 is 0. The molecule has 2 amide bonds. The Hall–Kier alpha value is -1.26. The molecule has 108 valence electrons. The Morgan fingerprint density at radius 3 is 2.21 bits per heavy atom. The van der Waals surface area contributed by atoms with E-state index in [2.05, 4.69) is 10.6 Å². The van der Waals surface area contributed by atoms with Gasteiger partial charge in [-0.1, -0.05) is 0 Å². The molecular formula is C14H24N2O3. The first-order valence-corrected chi connectivity index (χ1v) is 7.35. The van der Waals surface area contributed by atoms with Crippen molar-refractivity contribution in [1.82, 2.24) is 10.6 Å². The predicted octanol–water partition coefficient (Wildman–Crippen LogP) is 2.12. The number of urea groups is 1. The number of rotatable bonds is 8. The Balaban J connectivity index is 1.63. The number of carboxylic acid groups (broad SMARTS) is 1. The second kappa shape index (κ2) is 6.26. The molecule has 2 aliphatic carbocycles. The molecule has 5 nitrogen and oxygen atoms in total. The fourth-order valence-electron chi connectivity index (χ4n) is 2.58. The third kappa shape index (κ3) is 5.09. The normalized spacial score (nSPS) is 20.1. The summed E-state index contributed by atoms with van der Waals surface area (Å²) in [5.74, 6) is 0.611. The van der Waals surface area contributed by atoms with E-state index < -0.39 is 5.97 Å². The van der Waals surface area contributed by atoms with Gasteiger partial charge in [-0.3, -0.25) is 4.79 Å². The molecule has 0 aromatic rings. The first-order chi connectivity index (χ1) is 9.06. The standard InChI is InChI=1S/C14H24N2O3/c1-9(3-2-4-12(17)18)15-14(19)16-13(10-5-6-10)11-7-8-11/h9-11,13H,2-8H2,1H3,(H,17,18)(H2,15,16,19). The van der Waals surface area contributed by atoms with Crippen LogP contribution in [0.5, 0.6) is 0 Å². The van der Waals surface area contributed by atoms with Crippen LogP contribution in [0.25, 0.3) is 0 Å². The number of carbonyl (C=O) groups excluding carboxylic acids is 1. The van der Waals surface area contributed by atoms with Gasteiger partial charge in [-0.25, -0.2) is 4.79 Å². The molecule has 0 aromatic heterocycles. The Kier molecular flexibility index (Phi) is 4.66. The minimum atomic E-state index is -0.779. The van der Waals surface area contributed by atoms with E-state index >= 15 is 0 Å². The Labute approximate surface area is 114 Å². The Morgan fingerprint density at radius 1 is 1.16 bits per heavy atom. The van der Waals surface area contributed by atoms with Crippen molar-refractivity contribution in [2.24, 2.45) is 11.8 Å². The molecule has 5 heteroatoms. The van der Waals surface area contributed by atoms with Gasteiger partial charge in [-0.2, -0.15) is 0 Å². The minimum absolute atomic E-state index is 0.0263. The molecule has 2 rings (SSSR count). The van der Waals surface area contributed by atoms with Crippen molar-refractivity contribution < 1.29 is 14.7 Å². The monoisotopic (exact) mass is 268 g/mol. The number of carboxylic acids is 1. The molecule has 0 bridgehead atoms. The van der Waals surface area contributed by atoms with Crippen LogP contribution in [0.1, 0.15) is 51.9 Å². The smallest absolute Gasteiger partial charge is 0.315 e. The van der Waals surface area contributed by atoms with Gasteiger partial charge in [0.15, 0.2) is 0 Å². The first kappa shape index (κ1) is 14.2. The molecule has 0 radical (unpaired) electrons. The van der Waals surface area contributed by atoms with Crippen molar-refractivity contribution in [3.63, 3.8) is 0 Å².